The van der Waals surface area contributed by atoms with Crippen LogP contribution in [0.4, 0.5) is 28.4 Å². The Morgan fingerprint density at radius 2 is 0.947 bits per heavy atom. The van der Waals surface area contributed by atoms with Gasteiger partial charge < -0.3 is 9.80 Å². The highest BCUT2D eigenvalue weighted by Crippen LogP contribution is 2.50. The number of allylic oxidation sites excluding steroid dienone is 2. The van der Waals surface area contributed by atoms with Gasteiger partial charge in [0.1, 0.15) is 0 Å². The zero-order valence-corrected chi connectivity index (χ0v) is 32.1. The summed E-state index contributed by atoms with van der Waals surface area (Å²) in [5, 5.41) is 2.64. The number of hydrogen-bond acceptors (Lipinski definition) is 3. The highest BCUT2D eigenvalue weighted by Gasteiger charge is 2.37. The van der Waals surface area contributed by atoms with Crippen molar-refractivity contribution in [3.8, 4) is 33.4 Å². The summed E-state index contributed by atoms with van der Waals surface area (Å²) in [5.41, 5.74) is 14.5. The van der Waals surface area contributed by atoms with Crippen LogP contribution in [0.2, 0.25) is 0 Å². The van der Waals surface area contributed by atoms with E-state index in [9.17, 15) is 0 Å². The summed E-state index contributed by atoms with van der Waals surface area (Å²) in [5.74, 6) is 0.340. The molecule has 2 unspecified atom stereocenters. The van der Waals surface area contributed by atoms with E-state index in [1.165, 1.54) is 70.5 Å². The number of hydrogen-bond donors (Lipinski definition) is 0. The molecule has 0 N–H and O–H groups in total. The predicted molar refractivity (Wildman–Crippen MR) is 244 cm³/mol. The molecule has 0 fully saturated rings. The number of fused-ring (bicyclic) bond motifs is 6. The van der Waals surface area contributed by atoms with Crippen LogP contribution in [0, 0.1) is 0 Å². The molecule has 2 nitrogen and oxygen atoms in total. The third kappa shape index (κ3) is 5.78. The minimum absolute atomic E-state index is 0.246. The Hall–Kier alpha value is -6.94. The van der Waals surface area contributed by atoms with Crippen LogP contribution in [-0.4, -0.2) is 6.04 Å². The van der Waals surface area contributed by atoms with Crippen molar-refractivity contribution in [3.05, 3.63) is 224 Å². The van der Waals surface area contributed by atoms with Gasteiger partial charge in [0.25, 0.3) is 0 Å². The van der Waals surface area contributed by atoms with E-state index >= 15 is 0 Å². The summed E-state index contributed by atoms with van der Waals surface area (Å²) in [6.07, 6.45) is 9.07. The first-order valence-corrected chi connectivity index (χ1v) is 20.5. The highest BCUT2D eigenvalue weighted by atomic mass is 32.1. The first kappa shape index (κ1) is 33.4. The molecule has 0 bridgehead atoms. The minimum Gasteiger partial charge on any atom is -0.333 e. The van der Waals surface area contributed by atoms with Crippen LogP contribution in [0.1, 0.15) is 11.5 Å². The summed E-state index contributed by atoms with van der Waals surface area (Å²) in [6.45, 7) is 0. The Kier molecular flexibility index (Phi) is 8.19. The second-order valence-corrected chi connectivity index (χ2v) is 15.9. The van der Waals surface area contributed by atoms with Gasteiger partial charge in [-0.3, -0.25) is 0 Å². The molecule has 3 heteroatoms. The Morgan fingerprint density at radius 1 is 0.404 bits per heavy atom. The minimum atomic E-state index is 0.246. The van der Waals surface area contributed by atoms with E-state index in [4.69, 9.17) is 0 Å². The number of benzene rings is 8. The van der Waals surface area contributed by atoms with E-state index in [1.807, 2.05) is 11.3 Å². The van der Waals surface area contributed by atoms with Crippen LogP contribution < -0.4 is 9.80 Å². The zero-order valence-electron chi connectivity index (χ0n) is 31.2. The fourth-order valence-electron chi connectivity index (χ4n) is 8.93. The van der Waals surface area contributed by atoms with Gasteiger partial charge in [-0.1, -0.05) is 164 Å². The molecule has 2 heterocycles. The number of anilines is 5. The average molecular weight is 747 g/mol. The van der Waals surface area contributed by atoms with Crippen molar-refractivity contribution in [2.45, 2.75) is 12.0 Å². The third-order valence-corrected chi connectivity index (χ3v) is 12.9. The molecule has 0 radical (unpaired) electrons. The van der Waals surface area contributed by atoms with Crippen molar-refractivity contribution in [2.75, 3.05) is 9.80 Å². The molecule has 270 valence electrons. The molecular weight excluding hydrogens is 709 g/mol. The summed E-state index contributed by atoms with van der Waals surface area (Å²) >= 11 is 1.88. The van der Waals surface area contributed by atoms with Crippen LogP contribution in [0.3, 0.4) is 0 Å². The van der Waals surface area contributed by atoms with E-state index in [2.05, 4.69) is 228 Å². The molecule has 0 saturated carbocycles. The highest BCUT2D eigenvalue weighted by molar-refractivity contribution is 7.26. The zero-order chi connectivity index (χ0) is 37.7. The second-order valence-electron chi connectivity index (χ2n) is 14.9. The maximum atomic E-state index is 2.53. The number of rotatable bonds is 7. The van der Waals surface area contributed by atoms with Gasteiger partial charge in [0, 0.05) is 60.1 Å². The number of thiophene rings is 1. The van der Waals surface area contributed by atoms with Crippen molar-refractivity contribution in [3.63, 3.8) is 0 Å². The quantitative estimate of drug-likeness (QED) is 0.160. The van der Waals surface area contributed by atoms with Gasteiger partial charge in [-0.05, 0) is 88.0 Å². The SMILES string of the molecule is C1=CC2c3ccccc3N(c3ccccc3-c3ccc(N(c4ccc(-c5ccccc5)cc4)c4ccc(-c5cccc6c5sc5ccccc56)cc4)cc3)C2C=C1. The lowest BCUT2D eigenvalue weighted by molar-refractivity contribution is 0.745. The van der Waals surface area contributed by atoms with Crippen LogP contribution in [0.15, 0.2) is 218 Å². The van der Waals surface area contributed by atoms with Gasteiger partial charge in [0.05, 0.1) is 6.04 Å². The smallest absolute Gasteiger partial charge is 0.0629 e. The molecule has 1 aliphatic heterocycles. The van der Waals surface area contributed by atoms with Gasteiger partial charge in [-0.2, -0.15) is 0 Å². The Labute approximate surface area is 337 Å². The molecule has 0 amide bonds. The maximum absolute atomic E-state index is 2.53. The third-order valence-electron chi connectivity index (χ3n) is 11.6. The predicted octanol–water partition coefficient (Wildman–Crippen LogP) is 15.3. The molecule has 8 aromatic carbocycles. The molecule has 57 heavy (non-hydrogen) atoms. The van der Waals surface area contributed by atoms with E-state index in [0.29, 0.717) is 5.92 Å². The molecule has 1 aromatic heterocycles. The molecule has 9 aromatic rings. The lowest BCUT2D eigenvalue weighted by Crippen LogP contribution is -2.28. The van der Waals surface area contributed by atoms with E-state index < -0.39 is 0 Å². The molecule has 0 saturated heterocycles. The fourth-order valence-corrected chi connectivity index (χ4v) is 10.2. The van der Waals surface area contributed by atoms with Crippen molar-refractivity contribution in [1.82, 2.24) is 0 Å². The Balaban J connectivity index is 0.979. The normalized spacial score (nSPS) is 15.5. The van der Waals surface area contributed by atoms with E-state index in [0.717, 1.165) is 17.1 Å². The second kappa shape index (κ2) is 14.0. The van der Waals surface area contributed by atoms with Gasteiger partial charge in [0.2, 0.25) is 0 Å². The summed E-state index contributed by atoms with van der Waals surface area (Å²) in [4.78, 5) is 4.90. The molecule has 11 rings (SSSR count). The Bertz CT molecular complexity index is 2960. The largest absolute Gasteiger partial charge is 0.333 e. The van der Waals surface area contributed by atoms with E-state index in [-0.39, 0.29) is 6.04 Å². The van der Waals surface area contributed by atoms with Crippen molar-refractivity contribution < 1.29 is 0 Å². The molecule has 2 atom stereocenters. The lowest BCUT2D eigenvalue weighted by Gasteiger charge is -2.30. The van der Waals surface area contributed by atoms with Crippen LogP contribution in [0.25, 0.3) is 53.6 Å². The summed E-state index contributed by atoms with van der Waals surface area (Å²) in [7, 11) is 0. The van der Waals surface area contributed by atoms with Crippen molar-refractivity contribution >= 4 is 59.9 Å². The summed E-state index contributed by atoms with van der Waals surface area (Å²) in [6, 6.07) is 71.1. The molecular formula is C54H38N2S. The van der Waals surface area contributed by atoms with Gasteiger partial charge in [-0.15, -0.1) is 11.3 Å². The Morgan fingerprint density at radius 3 is 1.70 bits per heavy atom. The lowest BCUT2D eigenvalue weighted by atomic mass is 9.91. The standard InChI is InChI=1S/C54H38N2S/c1-2-13-37(14-3-1)38-25-31-41(32-26-38)55(43-35-29-40(30-36-43)45-19-12-20-49-48-18-7-11-24-53(48)57-54(45)49)42-33-27-39(28-34-42)44-15-4-8-21-50(44)56-51-22-9-5-16-46(51)47-17-6-10-23-52(47)56/h1-36,46,51H. The summed E-state index contributed by atoms with van der Waals surface area (Å²) < 4.78 is 2.66. The first-order chi connectivity index (χ1) is 28.3. The van der Waals surface area contributed by atoms with Gasteiger partial charge >= 0.3 is 0 Å². The van der Waals surface area contributed by atoms with Gasteiger partial charge in [0.15, 0.2) is 0 Å². The maximum Gasteiger partial charge on any atom is 0.0629 e. The molecule has 0 spiro atoms. The number of para-hydroxylation sites is 2. The number of nitrogens with zero attached hydrogens (tertiary/aromatic N) is 2. The van der Waals surface area contributed by atoms with E-state index in [1.54, 1.807) is 0 Å². The molecule has 1 aliphatic carbocycles. The fraction of sp³-hybridized carbons (Fsp3) is 0.0370. The molecule has 2 aliphatic rings. The average Bonchev–Trinajstić information content (AvgIpc) is 3.84. The monoisotopic (exact) mass is 746 g/mol. The van der Waals surface area contributed by atoms with Crippen LogP contribution in [0.5, 0.6) is 0 Å². The van der Waals surface area contributed by atoms with Crippen molar-refractivity contribution in [1.29, 1.82) is 0 Å². The topological polar surface area (TPSA) is 6.48 Å². The van der Waals surface area contributed by atoms with Crippen LogP contribution in [-0.2, 0) is 0 Å². The van der Waals surface area contributed by atoms with Crippen molar-refractivity contribution in [2.24, 2.45) is 0 Å². The first-order valence-electron chi connectivity index (χ1n) is 19.7. The van der Waals surface area contributed by atoms with Crippen LogP contribution >= 0.6 is 11.3 Å². The van der Waals surface area contributed by atoms with Gasteiger partial charge in [-0.25, -0.2) is 0 Å².